The highest BCUT2D eigenvalue weighted by Crippen LogP contribution is 2.20. The molecule has 1 N–H and O–H groups in total. The fourth-order valence-corrected chi connectivity index (χ4v) is 1.98. The topological polar surface area (TPSA) is 29.1 Å². The van der Waals surface area contributed by atoms with E-state index in [4.69, 9.17) is 11.6 Å². The molecule has 2 aromatic carbocycles. The van der Waals surface area contributed by atoms with Gasteiger partial charge in [0.1, 0.15) is 5.38 Å². The molecule has 19 heavy (non-hydrogen) atoms. The zero-order chi connectivity index (χ0) is 13.7. The maximum Gasteiger partial charge on any atom is 0.242 e. The quantitative estimate of drug-likeness (QED) is 0.848. The summed E-state index contributed by atoms with van der Waals surface area (Å²) in [5.74, 6) is -0.173. The molecule has 0 aliphatic rings. The normalized spacial score (nSPS) is 11.9. The Morgan fingerprint density at radius 1 is 1.11 bits per heavy atom. The minimum atomic E-state index is -0.647. The van der Waals surface area contributed by atoms with Crippen LogP contribution in [0, 0.1) is 6.92 Å². The van der Waals surface area contributed by atoms with Crippen molar-refractivity contribution in [3.63, 3.8) is 0 Å². The average molecular weight is 274 g/mol. The van der Waals surface area contributed by atoms with Crippen molar-refractivity contribution >= 4 is 17.5 Å². The van der Waals surface area contributed by atoms with Gasteiger partial charge in [-0.3, -0.25) is 4.79 Å². The molecule has 0 aliphatic carbocycles. The van der Waals surface area contributed by atoms with Gasteiger partial charge in [-0.05, 0) is 18.1 Å². The second kappa shape index (κ2) is 6.39. The monoisotopic (exact) mass is 273 g/mol. The van der Waals surface area contributed by atoms with Gasteiger partial charge in [0.05, 0.1) is 0 Å². The lowest BCUT2D eigenvalue weighted by Gasteiger charge is -2.11. The summed E-state index contributed by atoms with van der Waals surface area (Å²) in [6, 6.07) is 17.4. The van der Waals surface area contributed by atoms with E-state index in [1.807, 2.05) is 61.5 Å². The summed E-state index contributed by atoms with van der Waals surface area (Å²) < 4.78 is 0. The molecule has 3 heteroatoms. The van der Waals surface area contributed by atoms with E-state index in [0.29, 0.717) is 6.54 Å². The van der Waals surface area contributed by atoms with E-state index in [1.54, 1.807) is 0 Å². The van der Waals surface area contributed by atoms with Crippen LogP contribution in [-0.4, -0.2) is 5.91 Å². The molecule has 0 aliphatic heterocycles. The lowest BCUT2D eigenvalue weighted by Crippen LogP contribution is -2.26. The van der Waals surface area contributed by atoms with E-state index in [1.165, 1.54) is 5.56 Å². The second-order valence-corrected chi connectivity index (χ2v) is 4.91. The fourth-order valence-electron chi connectivity index (χ4n) is 1.76. The van der Waals surface area contributed by atoms with Crippen LogP contribution in [0.25, 0.3) is 0 Å². The molecule has 0 bridgehead atoms. The Balaban J connectivity index is 1.93. The lowest BCUT2D eigenvalue weighted by molar-refractivity contribution is -0.121. The van der Waals surface area contributed by atoms with E-state index in [0.717, 1.165) is 11.1 Å². The highest BCUT2D eigenvalue weighted by Gasteiger charge is 2.16. The van der Waals surface area contributed by atoms with Gasteiger partial charge in [0, 0.05) is 6.54 Å². The molecule has 0 heterocycles. The number of amides is 1. The van der Waals surface area contributed by atoms with Crippen molar-refractivity contribution in [2.75, 3.05) is 0 Å². The highest BCUT2D eigenvalue weighted by atomic mass is 35.5. The van der Waals surface area contributed by atoms with Gasteiger partial charge in [-0.1, -0.05) is 60.2 Å². The van der Waals surface area contributed by atoms with Gasteiger partial charge in [-0.2, -0.15) is 0 Å². The predicted molar refractivity (Wildman–Crippen MR) is 78.1 cm³/mol. The number of benzene rings is 2. The number of halogens is 1. The van der Waals surface area contributed by atoms with Gasteiger partial charge >= 0.3 is 0 Å². The molecular weight excluding hydrogens is 258 g/mol. The van der Waals surface area contributed by atoms with E-state index < -0.39 is 5.38 Å². The number of carbonyl (C=O) groups excluding carboxylic acids is 1. The van der Waals surface area contributed by atoms with Gasteiger partial charge in [-0.25, -0.2) is 0 Å². The van der Waals surface area contributed by atoms with Crippen molar-refractivity contribution in [2.45, 2.75) is 18.8 Å². The summed E-state index contributed by atoms with van der Waals surface area (Å²) >= 11 is 6.14. The third kappa shape index (κ3) is 3.83. The Morgan fingerprint density at radius 2 is 1.74 bits per heavy atom. The van der Waals surface area contributed by atoms with E-state index >= 15 is 0 Å². The zero-order valence-corrected chi connectivity index (χ0v) is 11.5. The number of carbonyl (C=O) groups is 1. The van der Waals surface area contributed by atoms with Gasteiger partial charge in [0.15, 0.2) is 0 Å². The van der Waals surface area contributed by atoms with Crippen molar-refractivity contribution in [3.05, 3.63) is 71.3 Å². The van der Waals surface area contributed by atoms with Gasteiger partial charge < -0.3 is 5.32 Å². The number of hydrogen-bond donors (Lipinski definition) is 1. The first kappa shape index (κ1) is 13.6. The van der Waals surface area contributed by atoms with Crippen LogP contribution in [0.15, 0.2) is 54.6 Å². The second-order valence-electron chi connectivity index (χ2n) is 4.48. The van der Waals surface area contributed by atoms with E-state index in [2.05, 4.69) is 5.32 Å². The van der Waals surface area contributed by atoms with Crippen molar-refractivity contribution < 1.29 is 4.79 Å². The molecule has 98 valence electrons. The Morgan fingerprint density at radius 3 is 2.37 bits per heavy atom. The Bertz CT molecular complexity index is 536. The molecule has 1 unspecified atom stereocenters. The Kier molecular flexibility index (Phi) is 4.58. The van der Waals surface area contributed by atoms with Gasteiger partial charge in [0.25, 0.3) is 0 Å². The number of rotatable bonds is 4. The molecule has 2 aromatic rings. The zero-order valence-electron chi connectivity index (χ0n) is 10.8. The van der Waals surface area contributed by atoms with Crippen LogP contribution in [0.5, 0.6) is 0 Å². The molecule has 0 saturated carbocycles. The molecule has 1 amide bonds. The van der Waals surface area contributed by atoms with Crippen molar-refractivity contribution in [3.8, 4) is 0 Å². The van der Waals surface area contributed by atoms with Crippen LogP contribution in [0.4, 0.5) is 0 Å². The van der Waals surface area contributed by atoms with E-state index in [-0.39, 0.29) is 5.91 Å². The minimum Gasteiger partial charge on any atom is -0.350 e. The molecular formula is C16H16ClNO. The SMILES string of the molecule is Cc1ccc(CNC(=O)C(Cl)c2ccccc2)cc1. The smallest absolute Gasteiger partial charge is 0.242 e. The maximum absolute atomic E-state index is 11.9. The summed E-state index contributed by atoms with van der Waals surface area (Å²) in [7, 11) is 0. The lowest BCUT2D eigenvalue weighted by atomic mass is 10.1. The molecule has 2 rings (SSSR count). The fraction of sp³-hybridized carbons (Fsp3) is 0.188. The molecule has 2 nitrogen and oxygen atoms in total. The third-order valence-corrected chi connectivity index (χ3v) is 3.36. The van der Waals surface area contributed by atoms with Crippen molar-refractivity contribution in [2.24, 2.45) is 0 Å². The van der Waals surface area contributed by atoms with Crippen LogP contribution >= 0.6 is 11.6 Å². The molecule has 0 aromatic heterocycles. The molecule has 1 atom stereocenters. The van der Waals surface area contributed by atoms with Crippen molar-refractivity contribution in [1.82, 2.24) is 5.32 Å². The summed E-state index contributed by atoms with van der Waals surface area (Å²) in [4.78, 5) is 11.9. The third-order valence-electron chi connectivity index (χ3n) is 2.91. The first-order valence-corrected chi connectivity index (χ1v) is 6.63. The molecule has 0 radical (unpaired) electrons. The molecule has 0 fully saturated rings. The van der Waals surface area contributed by atoms with Gasteiger partial charge in [0.2, 0.25) is 5.91 Å². The summed E-state index contributed by atoms with van der Waals surface area (Å²) in [6.07, 6.45) is 0. The largest absolute Gasteiger partial charge is 0.350 e. The number of hydrogen-bond acceptors (Lipinski definition) is 1. The van der Waals surface area contributed by atoms with Crippen LogP contribution in [0.1, 0.15) is 22.1 Å². The summed E-state index contributed by atoms with van der Waals surface area (Å²) in [5, 5.41) is 2.20. The van der Waals surface area contributed by atoms with Gasteiger partial charge in [-0.15, -0.1) is 11.6 Å². The first-order chi connectivity index (χ1) is 9.16. The summed E-state index contributed by atoms with van der Waals surface area (Å²) in [5.41, 5.74) is 3.08. The first-order valence-electron chi connectivity index (χ1n) is 6.19. The summed E-state index contributed by atoms with van der Waals surface area (Å²) in [6.45, 7) is 2.53. The Hall–Kier alpha value is -1.80. The van der Waals surface area contributed by atoms with Crippen molar-refractivity contribution in [1.29, 1.82) is 0 Å². The minimum absolute atomic E-state index is 0.173. The van der Waals surface area contributed by atoms with Crippen LogP contribution in [0.3, 0.4) is 0 Å². The number of nitrogens with one attached hydrogen (secondary N) is 1. The van der Waals surface area contributed by atoms with Crippen LogP contribution < -0.4 is 5.32 Å². The average Bonchev–Trinajstić information content (AvgIpc) is 2.46. The maximum atomic E-state index is 11.9. The standard InChI is InChI=1S/C16H16ClNO/c1-12-7-9-13(10-8-12)11-18-16(19)15(17)14-5-3-2-4-6-14/h2-10,15H,11H2,1H3,(H,18,19). The number of alkyl halides is 1. The van der Waals surface area contributed by atoms with Crippen LogP contribution in [-0.2, 0) is 11.3 Å². The number of aryl methyl sites for hydroxylation is 1. The predicted octanol–water partition coefficient (Wildman–Crippen LogP) is 3.59. The van der Waals surface area contributed by atoms with Crippen LogP contribution in [0.2, 0.25) is 0 Å². The van der Waals surface area contributed by atoms with E-state index in [9.17, 15) is 4.79 Å². The Labute approximate surface area is 118 Å². The molecule has 0 saturated heterocycles. The highest BCUT2D eigenvalue weighted by molar-refractivity contribution is 6.30. The molecule has 0 spiro atoms.